The van der Waals surface area contributed by atoms with Gasteiger partial charge in [0, 0.05) is 5.92 Å². The van der Waals surface area contributed by atoms with Gasteiger partial charge in [0.2, 0.25) is 0 Å². The molecule has 0 saturated heterocycles. The van der Waals surface area contributed by atoms with E-state index in [1.807, 2.05) is 19.1 Å². The Morgan fingerprint density at radius 1 is 0.957 bits per heavy atom. The van der Waals surface area contributed by atoms with Gasteiger partial charge >= 0.3 is 0 Å². The van der Waals surface area contributed by atoms with Crippen molar-refractivity contribution in [3.05, 3.63) is 71.8 Å². The van der Waals surface area contributed by atoms with Crippen molar-refractivity contribution in [3.63, 3.8) is 0 Å². The average molecular weight is 312 g/mol. The number of rotatable bonds is 8. The molecule has 0 amide bonds. The van der Waals surface area contributed by atoms with Gasteiger partial charge in [-0.1, -0.05) is 60.7 Å². The average Bonchev–Trinajstić information content (AvgIpc) is 2.54. The van der Waals surface area contributed by atoms with Crippen molar-refractivity contribution in [2.24, 2.45) is 0 Å². The molecule has 0 fully saturated rings. The third kappa shape index (κ3) is 5.49. The van der Waals surface area contributed by atoms with E-state index in [2.05, 4.69) is 62.6 Å². The van der Waals surface area contributed by atoms with Crippen molar-refractivity contribution in [1.82, 2.24) is 0 Å². The third-order valence-corrected chi connectivity index (χ3v) is 4.59. The second-order valence-electron chi connectivity index (χ2n) is 7.07. The van der Waals surface area contributed by atoms with Crippen LogP contribution in [-0.4, -0.2) is 31.3 Å². The fourth-order valence-corrected chi connectivity index (χ4v) is 3.21. The Balaban J connectivity index is 2.18. The standard InChI is InChI=1S/C21H29NO/c1-21(23,15-10-16-22(2)3)20(19-13-8-5-9-14-19)17-18-11-6-4-7-12-18/h4-9,11-14,20,23H,10,15-17H2,1-3H3/p+1/t20-,21+/m1/s1. The molecule has 0 saturated carbocycles. The number of benzene rings is 2. The van der Waals surface area contributed by atoms with Gasteiger partial charge in [0.25, 0.3) is 0 Å². The van der Waals surface area contributed by atoms with Gasteiger partial charge in [-0.3, -0.25) is 0 Å². The smallest absolute Gasteiger partial charge is 0.0767 e. The van der Waals surface area contributed by atoms with Crippen molar-refractivity contribution >= 4 is 0 Å². The highest BCUT2D eigenvalue weighted by Crippen LogP contribution is 2.34. The summed E-state index contributed by atoms with van der Waals surface area (Å²) in [5, 5.41) is 11.2. The summed E-state index contributed by atoms with van der Waals surface area (Å²) in [6.07, 6.45) is 2.73. The summed E-state index contributed by atoms with van der Waals surface area (Å²) in [5.41, 5.74) is 1.80. The van der Waals surface area contributed by atoms with Gasteiger partial charge in [-0.2, -0.15) is 0 Å². The summed E-state index contributed by atoms with van der Waals surface area (Å²) in [4.78, 5) is 1.43. The zero-order chi connectivity index (χ0) is 16.7. The summed E-state index contributed by atoms with van der Waals surface area (Å²) in [6, 6.07) is 20.9. The minimum absolute atomic E-state index is 0.114. The quantitative estimate of drug-likeness (QED) is 0.770. The number of quaternary nitrogens is 1. The van der Waals surface area contributed by atoms with E-state index in [-0.39, 0.29) is 5.92 Å². The highest BCUT2D eigenvalue weighted by molar-refractivity contribution is 5.27. The van der Waals surface area contributed by atoms with Crippen LogP contribution in [0.3, 0.4) is 0 Å². The van der Waals surface area contributed by atoms with Crippen LogP contribution in [0.15, 0.2) is 60.7 Å². The summed E-state index contributed by atoms with van der Waals surface area (Å²) >= 11 is 0. The predicted octanol–water partition coefficient (Wildman–Crippen LogP) is 2.69. The fraction of sp³-hybridized carbons (Fsp3) is 0.429. The monoisotopic (exact) mass is 312 g/mol. The molecule has 2 rings (SSSR count). The molecule has 0 bridgehead atoms. The Morgan fingerprint density at radius 3 is 2.09 bits per heavy atom. The van der Waals surface area contributed by atoms with Crippen LogP contribution in [0.5, 0.6) is 0 Å². The first-order valence-corrected chi connectivity index (χ1v) is 8.59. The normalized spacial score (nSPS) is 15.3. The van der Waals surface area contributed by atoms with Gasteiger partial charge in [-0.05, 0) is 37.3 Å². The maximum atomic E-state index is 11.2. The maximum Gasteiger partial charge on any atom is 0.0767 e. The van der Waals surface area contributed by atoms with E-state index in [0.717, 1.165) is 25.8 Å². The molecule has 2 aromatic rings. The largest absolute Gasteiger partial charge is 0.390 e. The zero-order valence-electron chi connectivity index (χ0n) is 14.6. The number of aliphatic hydroxyl groups is 1. The molecule has 2 heteroatoms. The number of nitrogens with one attached hydrogen (secondary N) is 1. The second kappa shape index (κ2) is 8.28. The lowest BCUT2D eigenvalue weighted by molar-refractivity contribution is -0.858. The summed E-state index contributed by atoms with van der Waals surface area (Å²) in [6.45, 7) is 3.08. The molecule has 0 aliphatic rings. The lowest BCUT2D eigenvalue weighted by Crippen LogP contribution is -3.05. The molecule has 2 atom stereocenters. The lowest BCUT2D eigenvalue weighted by Gasteiger charge is -2.34. The van der Waals surface area contributed by atoms with E-state index in [1.54, 1.807) is 0 Å². The number of hydrogen-bond donors (Lipinski definition) is 2. The summed E-state index contributed by atoms with van der Waals surface area (Å²) < 4.78 is 0. The van der Waals surface area contributed by atoms with Gasteiger partial charge in [0.15, 0.2) is 0 Å². The first kappa shape index (κ1) is 17.7. The van der Waals surface area contributed by atoms with Crippen molar-refractivity contribution in [2.75, 3.05) is 20.6 Å². The molecule has 0 spiro atoms. The SMILES string of the molecule is C[NH+](C)CCC[C@](C)(O)[C@H](Cc1ccccc1)c1ccccc1. The predicted molar refractivity (Wildman–Crippen MR) is 96.9 cm³/mol. The molecule has 124 valence electrons. The van der Waals surface area contributed by atoms with E-state index in [4.69, 9.17) is 0 Å². The van der Waals surface area contributed by atoms with Crippen LogP contribution in [0.2, 0.25) is 0 Å². The lowest BCUT2D eigenvalue weighted by atomic mass is 9.77. The molecule has 2 N–H and O–H groups in total. The molecule has 23 heavy (non-hydrogen) atoms. The van der Waals surface area contributed by atoms with Gasteiger partial charge < -0.3 is 10.0 Å². The van der Waals surface area contributed by atoms with Crippen molar-refractivity contribution in [3.8, 4) is 0 Å². The highest BCUT2D eigenvalue weighted by Gasteiger charge is 2.32. The second-order valence-corrected chi connectivity index (χ2v) is 7.07. The highest BCUT2D eigenvalue weighted by atomic mass is 16.3. The summed E-state index contributed by atoms with van der Waals surface area (Å²) in [7, 11) is 4.32. The fourth-order valence-electron chi connectivity index (χ4n) is 3.21. The van der Waals surface area contributed by atoms with Gasteiger partial charge in [-0.25, -0.2) is 0 Å². The minimum atomic E-state index is -0.702. The Morgan fingerprint density at radius 2 is 1.52 bits per heavy atom. The van der Waals surface area contributed by atoms with E-state index < -0.39 is 5.60 Å². The van der Waals surface area contributed by atoms with Gasteiger partial charge in [0.05, 0.1) is 26.2 Å². The minimum Gasteiger partial charge on any atom is -0.390 e. The van der Waals surface area contributed by atoms with Crippen LogP contribution in [0.25, 0.3) is 0 Å². The Kier molecular flexibility index (Phi) is 6.37. The van der Waals surface area contributed by atoms with E-state index in [1.165, 1.54) is 16.0 Å². The molecule has 0 unspecified atom stereocenters. The van der Waals surface area contributed by atoms with Crippen LogP contribution in [0.1, 0.15) is 36.8 Å². The first-order valence-electron chi connectivity index (χ1n) is 8.59. The maximum absolute atomic E-state index is 11.2. The first-order chi connectivity index (χ1) is 11.0. The van der Waals surface area contributed by atoms with Crippen molar-refractivity contribution < 1.29 is 10.0 Å². The molecule has 0 heterocycles. The van der Waals surface area contributed by atoms with Gasteiger partial charge in [0.1, 0.15) is 0 Å². The third-order valence-electron chi connectivity index (χ3n) is 4.59. The van der Waals surface area contributed by atoms with Crippen LogP contribution in [0.4, 0.5) is 0 Å². The molecule has 0 aliphatic heterocycles. The van der Waals surface area contributed by atoms with E-state index >= 15 is 0 Å². The summed E-state index contributed by atoms with van der Waals surface area (Å²) in [5.74, 6) is 0.114. The van der Waals surface area contributed by atoms with Crippen LogP contribution < -0.4 is 4.90 Å². The molecule has 2 nitrogen and oxygen atoms in total. The van der Waals surface area contributed by atoms with E-state index in [9.17, 15) is 5.11 Å². The Hall–Kier alpha value is -1.64. The molecule has 2 aromatic carbocycles. The molecular formula is C21H30NO+. The van der Waals surface area contributed by atoms with Crippen molar-refractivity contribution in [1.29, 1.82) is 0 Å². The molecule has 0 aromatic heterocycles. The molecule has 0 radical (unpaired) electrons. The zero-order valence-corrected chi connectivity index (χ0v) is 14.6. The topological polar surface area (TPSA) is 24.7 Å². The molecular weight excluding hydrogens is 282 g/mol. The molecule has 0 aliphatic carbocycles. The van der Waals surface area contributed by atoms with E-state index in [0.29, 0.717) is 0 Å². The number of hydrogen-bond acceptors (Lipinski definition) is 1. The van der Waals surface area contributed by atoms with Crippen molar-refractivity contribution in [2.45, 2.75) is 37.7 Å². The van der Waals surface area contributed by atoms with Gasteiger partial charge in [-0.15, -0.1) is 0 Å². The Bertz CT molecular complexity index is 563. The van der Waals surface area contributed by atoms with Crippen LogP contribution >= 0.6 is 0 Å². The Labute approximate surface area is 140 Å². The van der Waals surface area contributed by atoms with Crippen LogP contribution in [-0.2, 0) is 6.42 Å². The van der Waals surface area contributed by atoms with Crippen LogP contribution in [0, 0.1) is 0 Å².